The van der Waals surface area contributed by atoms with Gasteiger partial charge in [0.05, 0.1) is 68.1 Å². The zero-order chi connectivity index (χ0) is 25.9. The maximum Gasteiger partial charge on any atom is 0.255 e. The van der Waals surface area contributed by atoms with Gasteiger partial charge in [-0.3, -0.25) is 9.78 Å². The quantitative estimate of drug-likeness (QED) is 0.350. The van der Waals surface area contributed by atoms with Crippen LogP contribution in [0, 0.1) is 0 Å². The van der Waals surface area contributed by atoms with Gasteiger partial charge in [-0.2, -0.15) is 0 Å². The number of ether oxygens (including phenoxy) is 4. The van der Waals surface area contributed by atoms with Crippen molar-refractivity contribution in [2.24, 2.45) is 0 Å². The Labute approximate surface area is 219 Å². The molecule has 0 saturated carbocycles. The molecule has 2 heterocycles. The van der Waals surface area contributed by atoms with Crippen LogP contribution in [0.5, 0.6) is 17.2 Å². The largest absolute Gasteiger partial charge is 0.493 e. The van der Waals surface area contributed by atoms with E-state index in [2.05, 4.69) is 4.98 Å². The molecule has 1 amide bonds. The van der Waals surface area contributed by atoms with E-state index < -0.39 is 0 Å². The lowest BCUT2D eigenvalue weighted by Crippen LogP contribution is -2.40. The molecule has 8 nitrogen and oxygen atoms in total. The van der Waals surface area contributed by atoms with Gasteiger partial charge in [-0.15, -0.1) is 0 Å². The van der Waals surface area contributed by atoms with E-state index >= 15 is 0 Å². The molecule has 0 N–H and O–H groups in total. The molecule has 1 fully saturated rings. The minimum absolute atomic E-state index is 0.0951. The third-order valence-corrected chi connectivity index (χ3v) is 6.65. The maximum atomic E-state index is 13.0. The highest BCUT2D eigenvalue weighted by Gasteiger charge is 2.21. The number of hydrogen-bond acceptors (Lipinski definition) is 7. The van der Waals surface area contributed by atoms with Crippen molar-refractivity contribution >= 4 is 28.5 Å². The molecule has 0 atom stereocenters. The second-order valence-corrected chi connectivity index (χ2v) is 8.85. The van der Waals surface area contributed by atoms with Crippen LogP contribution in [0.3, 0.4) is 0 Å². The average Bonchev–Trinajstić information content (AvgIpc) is 2.95. The number of morpholine rings is 1. The molecule has 0 unspecified atom stereocenters. The number of carbonyl (C=O) groups excluding carboxylic acids is 1. The predicted molar refractivity (Wildman–Crippen MR) is 142 cm³/mol. The van der Waals surface area contributed by atoms with Crippen molar-refractivity contribution in [1.82, 2.24) is 14.9 Å². The zero-order valence-corrected chi connectivity index (χ0v) is 21.5. The molecule has 1 aliphatic heterocycles. The van der Waals surface area contributed by atoms with Gasteiger partial charge in [-0.1, -0.05) is 29.8 Å². The standard InChI is InChI=1S/C28H26ClN3O5/c1-34-24-14-18(15-25(35-2)27(24)36-3)23-16-30-22-6-4-5-19(26(22)31-23)17-7-8-20(21(29)13-17)28(33)32-9-11-37-12-10-32/h4-8,13-16H,9-12H2,1-3H3. The van der Waals surface area contributed by atoms with Crippen molar-refractivity contribution in [3.05, 3.63) is 65.3 Å². The number of hydrogen-bond donors (Lipinski definition) is 0. The number of nitrogens with zero attached hydrogens (tertiary/aromatic N) is 3. The predicted octanol–water partition coefficient (Wildman–Crippen LogP) is 5.12. The van der Waals surface area contributed by atoms with Crippen LogP contribution in [0.25, 0.3) is 33.4 Å². The molecule has 1 aliphatic rings. The minimum Gasteiger partial charge on any atom is -0.493 e. The van der Waals surface area contributed by atoms with Gasteiger partial charge in [0, 0.05) is 24.2 Å². The summed E-state index contributed by atoms with van der Waals surface area (Å²) in [5, 5.41) is 0.389. The monoisotopic (exact) mass is 519 g/mol. The first-order valence-electron chi connectivity index (χ1n) is 11.8. The van der Waals surface area contributed by atoms with E-state index in [-0.39, 0.29) is 5.91 Å². The van der Waals surface area contributed by atoms with E-state index in [1.54, 1.807) is 44.6 Å². The fourth-order valence-corrected chi connectivity index (χ4v) is 4.69. The summed E-state index contributed by atoms with van der Waals surface area (Å²) in [5.41, 5.74) is 5.01. The third kappa shape index (κ3) is 4.77. The summed E-state index contributed by atoms with van der Waals surface area (Å²) in [6.07, 6.45) is 1.71. The second kappa shape index (κ2) is 10.6. The average molecular weight is 520 g/mol. The second-order valence-electron chi connectivity index (χ2n) is 8.44. The van der Waals surface area contributed by atoms with Crippen molar-refractivity contribution in [2.75, 3.05) is 47.6 Å². The number of methoxy groups -OCH3 is 3. The van der Waals surface area contributed by atoms with Gasteiger partial charge in [-0.25, -0.2) is 4.98 Å². The summed E-state index contributed by atoms with van der Waals surface area (Å²) in [7, 11) is 4.71. The summed E-state index contributed by atoms with van der Waals surface area (Å²) < 4.78 is 21.8. The van der Waals surface area contributed by atoms with Crippen molar-refractivity contribution in [3.63, 3.8) is 0 Å². The fourth-order valence-electron chi connectivity index (χ4n) is 4.43. The molecule has 0 aliphatic carbocycles. The van der Waals surface area contributed by atoms with Crippen LogP contribution in [0.2, 0.25) is 5.02 Å². The Kier molecular flexibility index (Phi) is 7.12. The normalized spacial score (nSPS) is 13.5. The molecule has 37 heavy (non-hydrogen) atoms. The first-order valence-corrected chi connectivity index (χ1v) is 12.1. The molecule has 1 saturated heterocycles. The number of para-hydroxylation sites is 1. The van der Waals surface area contributed by atoms with Gasteiger partial charge in [0.15, 0.2) is 11.5 Å². The van der Waals surface area contributed by atoms with Crippen LogP contribution >= 0.6 is 11.6 Å². The summed E-state index contributed by atoms with van der Waals surface area (Å²) in [6.45, 7) is 2.17. The van der Waals surface area contributed by atoms with Crippen molar-refractivity contribution in [1.29, 1.82) is 0 Å². The van der Waals surface area contributed by atoms with Crippen LogP contribution < -0.4 is 14.2 Å². The van der Waals surface area contributed by atoms with E-state index in [4.69, 9.17) is 35.5 Å². The lowest BCUT2D eigenvalue weighted by molar-refractivity contribution is 0.0303. The Hall–Kier alpha value is -3.88. The van der Waals surface area contributed by atoms with E-state index in [9.17, 15) is 4.79 Å². The molecular formula is C28H26ClN3O5. The molecule has 3 aromatic carbocycles. The van der Waals surface area contributed by atoms with Crippen LogP contribution in [0.15, 0.2) is 54.7 Å². The molecule has 1 aromatic heterocycles. The SMILES string of the molecule is COc1cc(-c2cnc3cccc(-c4ccc(C(=O)N5CCOCC5)c(Cl)c4)c3n2)cc(OC)c1OC. The van der Waals surface area contributed by atoms with Gasteiger partial charge < -0.3 is 23.8 Å². The Morgan fingerprint density at radius 1 is 0.946 bits per heavy atom. The van der Waals surface area contributed by atoms with E-state index in [1.165, 1.54) is 0 Å². The van der Waals surface area contributed by atoms with Crippen molar-refractivity contribution < 1.29 is 23.7 Å². The van der Waals surface area contributed by atoms with Gasteiger partial charge in [-0.05, 0) is 35.9 Å². The smallest absolute Gasteiger partial charge is 0.255 e. The Balaban J connectivity index is 1.56. The summed E-state index contributed by atoms with van der Waals surface area (Å²) in [4.78, 5) is 24.3. The lowest BCUT2D eigenvalue weighted by atomic mass is 10.0. The summed E-state index contributed by atoms with van der Waals surface area (Å²) >= 11 is 6.61. The van der Waals surface area contributed by atoms with Crippen LogP contribution in [0.1, 0.15) is 10.4 Å². The number of carbonyl (C=O) groups is 1. The molecule has 0 radical (unpaired) electrons. The molecule has 4 aromatic rings. The molecule has 0 bridgehead atoms. The molecule has 190 valence electrons. The van der Waals surface area contributed by atoms with Crippen LogP contribution in [-0.4, -0.2) is 68.4 Å². The maximum absolute atomic E-state index is 13.0. The number of rotatable bonds is 6. The topological polar surface area (TPSA) is 83.0 Å². The molecular weight excluding hydrogens is 494 g/mol. The van der Waals surface area contributed by atoms with Crippen molar-refractivity contribution in [3.8, 4) is 39.6 Å². The highest BCUT2D eigenvalue weighted by Crippen LogP contribution is 2.41. The third-order valence-electron chi connectivity index (χ3n) is 6.34. The number of fused-ring (bicyclic) bond motifs is 1. The van der Waals surface area contributed by atoms with E-state index in [0.29, 0.717) is 65.3 Å². The van der Waals surface area contributed by atoms with E-state index in [0.717, 1.165) is 22.2 Å². The van der Waals surface area contributed by atoms with Gasteiger partial charge in [0.2, 0.25) is 5.75 Å². The molecule has 5 rings (SSSR count). The highest BCUT2D eigenvalue weighted by atomic mass is 35.5. The fraction of sp³-hybridized carbons (Fsp3) is 0.250. The van der Waals surface area contributed by atoms with Gasteiger partial charge >= 0.3 is 0 Å². The highest BCUT2D eigenvalue weighted by molar-refractivity contribution is 6.34. The van der Waals surface area contributed by atoms with E-state index in [1.807, 2.05) is 36.4 Å². The molecule has 9 heteroatoms. The van der Waals surface area contributed by atoms with Crippen LogP contribution in [0.4, 0.5) is 0 Å². The Morgan fingerprint density at radius 3 is 2.32 bits per heavy atom. The first-order chi connectivity index (χ1) is 18.0. The summed E-state index contributed by atoms with van der Waals surface area (Å²) in [5.74, 6) is 1.46. The minimum atomic E-state index is -0.0951. The Bertz CT molecular complexity index is 1440. The molecule has 0 spiro atoms. The number of amides is 1. The zero-order valence-electron chi connectivity index (χ0n) is 20.8. The Morgan fingerprint density at radius 2 is 1.68 bits per heavy atom. The van der Waals surface area contributed by atoms with Crippen LogP contribution in [-0.2, 0) is 4.74 Å². The van der Waals surface area contributed by atoms with Gasteiger partial charge in [0.1, 0.15) is 0 Å². The number of benzene rings is 3. The summed E-state index contributed by atoms with van der Waals surface area (Å²) in [6, 6.07) is 14.9. The number of halogens is 1. The van der Waals surface area contributed by atoms with Crippen molar-refractivity contribution in [2.45, 2.75) is 0 Å². The van der Waals surface area contributed by atoms with Gasteiger partial charge in [0.25, 0.3) is 5.91 Å². The lowest BCUT2D eigenvalue weighted by Gasteiger charge is -2.27. The number of aromatic nitrogens is 2. The first kappa shape index (κ1) is 24.8.